The van der Waals surface area contributed by atoms with Crippen molar-refractivity contribution in [3.8, 4) is 0 Å². The van der Waals surface area contributed by atoms with Crippen molar-refractivity contribution in [3.05, 3.63) is 60.2 Å². The second kappa shape index (κ2) is 8.04. The number of imidazole rings is 1. The highest BCUT2D eigenvalue weighted by Crippen LogP contribution is 2.35. The number of hydrogen-bond acceptors (Lipinski definition) is 3. The summed E-state index contributed by atoms with van der Waals surface area (Å²) in [5, 5.41) is 3.23. The number of carbonyl (C=O) groups is 2. The molecule has 0 bridgehead atoms. The van der Waals surface area contributed by atoms with E-state index in [1.165, 1.54) is 29.9 Å². The van der Waals surface area contributed by atoms with Crippen LogP contribution >= 0.6 is 0 Å². The summed E-state index contributed by atoms with van der Waals surface area (Å²) in [6.07, 6.45) is 6.47. The lowest BCUT2D eigenvalue weighted by Gasteiger charge is -2.44. The van der Waals surface area contributed by atoms with Crippen molar-refractivity contribution in [2.45, 2.75) is 63.6 Å². The molecule has 1 fully saturated rings. The molecule has 3 aromatic rings. The molecule has 1 aromatic heterocycles. The van der Waals surface area contributed by atoms with Gasteiger partial charge in [-0.3, -0.25) is 14.5 Å². The summed E-state index contributed by atoms with van der Waals surface area (Å²) in [7, 11) is 0. The summed E-state index contributed by atoms with van der Waals surface area (Å²) < 4.78 is 15.5. The van der Waals surface area contributed by atoms with Crippen molar-refractivity contribution in [2.24, 2.45) is 0 Å². The average Bonchev–Trinajstić information content (AvgIpc) is 2.96. The highest BCUT2D eigenvalue weighted by atomic mass is 19.1. The van der Waals surface area contributed by atoms with Crippen LogP contribution in [0.2, 0.25) is 0 Å². The number of para-hydroxylation sites is 2. The number of hydrogen-bond donors (Lipinski definition) is 1. The SMILES string of the molecule is C[C@]1(C(=O)NC2CCCCCC2)Cn2c(nc3ccccc32)C(=O)N1c1ccc(F)cc1. The predicted octanol–water partition coefficient (Wildman–Crippen LogP) is 4.43. The molecule has 5 rings (SSSR count). The van der Waals surface area contributed by atoms with E-state index >= 15 is 0 Å². The molecule has 2 aliphatic rings. The van der Waals surface area contributed by atoms with Gasteiger partial charge in [0.15, 0.2) is 0 Å². The van der Waals surface area contributed by atoms with Crippen LogP contribution in [0.15, 0.2) is 48.5 Å². The van der Waals surface area contributed by atoms with Crippen molar-refractivity contribution >= 4 is 28.5 Å². The first kappa shape index (κ1) is 20.7. The fourth-order valence-corrected chi connectivity index (χ4v) is 5.03. The van der Waals surface area contributed by atoms with E-state index in [-0.39, 0.29) is 30.2 Å². The van der Waals surface area contributed by atoms with Gasteiger partial charge in [0.05, 0.1) is 17.6 Å². The van der Waals surface area contributed by atoms with Gasteiger partial charge in [-0.05, 0) is 56.2 Å². The van der Waals surface area contributed by atoms with Crippen LogP contribution < -0.4 is 10.2 Å². The van der Waals surface area contributed by atoms with Crippen molar-refractivity contribution in [2.75, 3.05) is 4.90 Å². The molecule has 1 aliphatic carbocycles. The zero-order chi connectivity index (χ0) is 22.3. The largest absolute Gasteiger partial charge is 0.351 e. The number of fused-ring (bicyclic) bond motifs is 3. The Morgan fingerprint density at radius 1 is 1.06 bits per heavy atom. The highest BCUT2D eigenvalue weighted by molar-refractivity contribution is 6.12. The molecular formula is C25H27FN4O2. The normalized spacial score (nSPS) is 21.9. The second-order valence-corrected chi connectivity index (χ2v) is 9.06. The van der Waals surface area contributed by atoms with Gasteiger partial charge in [0, 0.05) is 11.7 Å². The van der Waals surface area contributed by atoms with Crippen molar-refractivity contribution in [1.82, 2.24) is 14.9 Å². The Bertz CT molecular complexity index is 1160. The lowest BCUT2D eigenvalue weighted by atomic mass is 9.93. The van der Waals surface area contributed by atoms with Gasteiger partial charge < -0.3 is 9.88 Å². The van der Waals surface area contributed by atoms with Crippen molar-refractivity contribution in [3.63, 3.8) is 0 Å². The maximum absolute atomic E-state index is 13.8. The second-order valence-electron chi connectivity index (χ2n) is 9.06. The number of anilines is 1. The summed E-state index contributed by atoms with van der Waals surface area (Å²) in [4.78, 5) is 33.5. The fourth-order valence-electron chi connectivity index (χ4n) is 5.03. The molecule has 1 saturated carbocycles. The van der Waals surface area contributed by atoms with Crippen LogP contribution in [0.1, 0.15) is 56.1 Å². The van der Waals surface area contributed by atoms with E-state index in [2.05, 4.69) is 10.3 Å². The van der Waals surface area contributed by atoms with Crippen LogP contribution in [0.3, 0.4) is 0 Å². The molecule has 2 amide bonds. The maximum atomic E-state index is 13.8. The minimum atomic E-state index is -1.18. The molecule has 0 saturated heterocycles. The van der Waals surface area contributed by atoms with Gasteiger partial charge >= 0.3 is 0 Å². The summed E-state index contributed by atoms with van der Waals surface area (Å²) >= 11 is 0. The molecule has 0 spiro atoms. The third kappa shape index (κ3) is 3.45. The van der Waals surface area contributed by atoms with E-state index in [0.29, 0.717) is 11.2 Å². The van der Waals surface area contributed by atoms with Gasteiger partial charge in [-0.15, -0.1) is 0 Å². The third-order valence-electron chi connectivity index (χ3n) is 6.77. The van der Waals surface area contributed by atoms with Crippen LogP contribution in [0, 0.1) is 5.82 Å². The fraction of sp³-hybridized carbons (Fsp3) is 0.400. The lowest BCUT2D eigenvalue weighted by Crippen LogP contribution is -2.65. The number of aromatic nitrogens is 2. The number of rotatable bonds is 3. The van der Waals surface area contributed by atoms with Crippen LogP contribution in [0.25, 0.3) is 11.0 Å². The monoisotopic (exact) mass is 434 g/mol. The highest BCUT2D eigenvalue weighted by Gasteiger charge is 2.49. The maximum Gasteiger partial charge on any atom is 0.295 e. The molecule has 1 atom stereocenters. The lowest BCUT2D eigenvalue weighted by molar-refractivity contribution is -0.127. The van der Waals surface area contributed by atoms with E-state index in [1.54, 1.807) is 19.1 Å². The molecule has 2 heterocycles. The van der Waals surface area contributed by atoms with Gasteiger partial charge in [-0.25, -0.2) is 9.37 Å². The van der Waals surface area contributed by atoms with E-state index in [9.17, 15) is 14.0 Å². The Kier molecular flexibility index (Phi) is 5.19. The molecule has 2 aromatic carbocycles. The molecule has 166 valence electrons. The van der Waals surface area contributed by atoms with Crippen LogP contribution in [0.4, 0.5) is 10.1 Å². The number of nitrogens with one attached hydrogen (secondary N) is 1. The summed E-state index contributed by atoms with van der Waals surface area (Å²) in [6.45, 7) is 2.06. The molecule has 7 heteroatoms. The molecule has 0 radical (unpaired) electrons. The van der Waals surface area contributed by atoms with Gasteiger partial charge in [0.25, 0.3) is 5.91 Å². The first-order valence-corrected chi connectivity index (χ1v) is 11.3. The van der Waals surface area contributed by atoms with Crippen molar-refractivity contribution in [1.29, 1.82) is 0 Å². The summed E-state index contributed by atoms with van der Waals surface area (Å²) in [5.41, 5.74) is 0.831. The third-order valence-corrected chi connectivity index (χ3v) is 6.77. The Labute approximate surface area is 186 Å². The zero-order valence-corrected chi connectivity index (χ0v) is 18.2. The standard InChI is InChI=1S/C25H27FN4O2/c1-25(24(32)27-18-8-4-2-3-5-9-18)16-29-21-11-7-6-10-20(21)28-22(29)23(31)30(25)19-14-12-17(26)13-15-19/h6-7,10-15,18H,2-5,8-9,16H2,1H3,(H,27,32)/t25-/m1/s1. The number of amides is 2. The Balaban J connectivity index is 1.59. The molecule has 32 heavy (non-hydrogen) atoms. The van der Waals surface area contributed by atoms with E-state index in [4.69, 9.17) is 0 Å². The Hall–Kier alpha value is -3.22. The van der Waals surface area contributed by atoms with Gasteiger partial charge in [0.2, 0.25) is 11.7 Å². The molecule has 1 N–H and O–H groups in total. The number of benzene rings is 2. The van der Waals surface area contributed by atoms with Gasteiger partial charge in [-0.1, -0.05) is 37.8 Å². The average molecular weight is 435 g/mol. The first-order chi connectivity index (χ1) is 15.5. The Morgan fingerprint density at radius 3 is 2.47 bits per heavy atom. The van der Waals surface area contributed by atoms with Gasteiger partial charge in [0.1, 0.15) is 11.4 Å². The summed E-state index contributed by atoms with van der Waals surface area (Å²) in [6, 6.07) is 13.4. The smallest absolute Gasteiger partial charge is 0.295 e. The topological polar surface area (TPSA) is 67.2 Å². The molecule has 1 aliphatic heterocycles. The van der Waals surface area contributed by atoms with E-state index in [1.807, 2.05) is 28.8 Å². The number of halogens is 1. The quantitative estimate of drug-likeness (QED) is 0.620. The van der Waals surface area contributed by atoms with Crippen molar-refractivity contribution < 1.29 is 14.0 Å². The number of carbonyl (C=O) groups excluding carboxylic acids is 2. The van der Waals surface area contributed by atoms with Crippen LogP contribution in [-0.2, 0) is 11.3 Å². The molecular weight excluding hydrogens is 407 g/mol. The zero-order valence-electron chi connectivity index (χ0n) is 18.2. The van der Waals surface area contributed by atoms with E-state index in [0.717, 1.165) is 31.2 Å². The molecule has 0 unspecified atom stereocenters. The minimum absolute atomic E-state index is 0.105. The predicted molar refractivity (Wildman–Crippen MR) is 121 cm³/mol. The molecule has 6 nitrogen and oxygen atoms in total. The minimum Gasteiger partial charge on any atom is -0.351 e. The van der Waals surface area contributed by atoms with Crippen LogP contribution in [-0.4, -0.2) is 32.9 Å². The summed E-state index contributed by atoms with van der Waals surface area (Å²) in [5.74, 6) is -0.659. The Morgan fingerprint density at radius 2 is 1.75 bits per heavy atom. The van der Waals surface area contributed by atoms with E-state index < -0.39 is 11.4 Å². The number of nitrogens with zero attached hydrogens (tertiary/aromatic N) is 3. The van der Waals surface area contributed by atoms with Gasteiger partial charge in [-0.2, -0.15) is 0 Å². The van der Waals surface area contributed by atoms with Crippen LogP contribution in [0.5, 0.6) is 0 Å². The first-order valence-electron chi connectivity index (χ1n) is 11.3.